The molecule has 3 aromatic rings. The van der Waals surface area contributed by atoms with E-state index in [0.717, 1.165) is 6.54 Å². The molecule has 1 atom stereocenters. The van der Waals surface area contributed by atoms with E-state index >= 15 is 0 Å². The molecular formula is C18H19NS2. The number of nitrogens with one attached hydrogen (secondary N) is 1. The second kappa shape index (κ2) is 6.56. The van der Waals surface area contributed by atoms with Crippen LogP contribution < -0.4 is 5.32 Å². The number of hydrogen-bond donors (Lipinski definition) is 1. The smallest absolute Gasteiger partial charge is 0.0351 e. The molecule has 108 valence electrons. The van der Waals surface area contributed by atoms with Crippen LogP contribution in [0.5, 0.6) is 0 Å². The van der Waals surface area contributed by atoms with Crippen molar-refractivity contribution in [1.29, 1.82) is 0 Å². The van der Waals surface area contributed by atoms with Crippen LogP contribution in [0.15, 0.2) is 53.2 Å². The van der Waals surface area contributed by atoms with Gasteiger partial charge in [0.15, 0.2) is 0 Å². The van der Waals surface area contributed by atoms with Crippen molar-refractivity contribution < 1.29 is 0 Å². The van der Waals surface area contributed by atoms with Gasteiger partial charge in [-0.1, -0.05) is 35.9 Å². The van der Waals surface area contributed by atoms with Crippen LogP contribution >= 0.6 is 22.7 Å². The summed E-state index contributed by atoms with van der Waals surface area (Å²) in [6, 6.07) is 15.7. The maximum atomic E-state index is 3.61. The predicted octanol–water partition coefficient (Wildman–Crippen LogP) is 5.64. The van der Waals surface area contributed by atoms with E-state index < -0.39 is 0 Å². The van der Waals surface area contributed by atoms with Gasteiger partial charge in [0.25, 0.3) is 0 Å². The van der Waals surface area contributed by atoms with Gasteiger partial charge in [-0.2, -0.15) is 0 Å². The van der Waals surface area contributed by atoms with Crippen molar-refractivity contribution in [2.24, 2.45) is 0 Å². The second-order valence-electron chi connectivity index (χ2n) is 5.29. The minimum atomic E-state index is 0.373. The lowest BCUT2D eigenvalue weighted by Gasteiger charge is -2.13. The van der Waals surface area contributed by atoms with Crippen molar-refractivity contribution in [3.05, 3.63) is 69.2 Å². The van der Waals surface area contributed by atoms with Gasteiger partial charge in [0.2, 0.25) is 0 Å². The summed E-state index contributed by atoms with van der Waals surface area (Å²) in [5.41, 5.74) is 4.00. The van der Waals surface area contributed by atoms with Gasteiger partial charge in [0.1, 0.15) is 0 Å². The lowest BCUT2D eigenvalue weighted by Crippen LogP contribution is -2.17. The molecule has 0 amide bonds. The van der Waals surface area contributed by atoms with E-state index in [0.29, 0.717) is 6.04 Å². The molecule has 0 bridgehead atoms. The van der Waals surface area contributed by atoms with E-state index in [1.54, 1.807) is 11.3 Å². The Hall–Kier alpha value is -1.42. The standard InChI is InChI=1S/C18H19NS2/c1-13-5-7-15(8-6-13)14(2)19-11-17-10-16(12-21-17)18-4-3-9-20-18/h3-10,12,14,19H,11H2,1-2H3/t14-/m0/s1. The molecule has 0 radical (unpaired) electrons. The van der Waals surface area contributed by atoms with Crippen molar-refractivity contribution in [3.63, 3.8) is 0 Å². The molecule has 1 N–H and O–H groups in total. The average Bonchev–Trinajstić information content (AvgIpc) is 3.16. The van der Waals surface area contributed by atoms with Crippen LogP contribution in [0.25, 0.3) is 10.4 Å². The van der Waals surface area contributed by atoms with Crippen LogP contribution in [0.2, 0.25) is 0 Å². The van der Waals surface area contributed by atoms with E-state index in [-0.39, 0.29) is 0 Å². The zero-order valence-corrected chi connectivity index (χ0v) is 13.9. The van der Waals surface area contributed by atoms with Crippen molar-refractivity contribution in [3.8, 4) is 10.4 Å². The van der Waals surface area contributed by atoms with Gasteiger partial charge in [-0.05, 0) is 42.3 Å². The van der Waals surface area contributed by atoms with Crippen molar-refractivity contribution in [2.75, 3.05) is 0 Å². The molecule has 0 fully saturated rings. The van der Waals surface area contributed by atoms with E-state index in [2.05, 4.69) is 72.4 Å². The fraction of sp³-hybridized carbons (Fsp3) is 0.222. The molecule has 3 rings (SSSR count). The topological polar surface area (TPSA) is 12.0 Å². The molecule has 1 aromatic carbocycles. The van der Waals surface area contributed by atoms with E-state index in [9.17, 15) is 0 Å². The molecule has 2 heterocycles. The monoisotopic (exact) mass is 313 g/mol. The van der Waals surface area contributed by atoms with Gasteiger partial charge in [-0.15, -0.1) is 22.7 Å². The summed E-state index contributed by atoms with van der Waals surface area (Å²) in [4.78, 5) is 2.74. The van der Waals surface area contributed by atoms with Gasteiger partial charge in [0, 0.05) is 27.9 Å². The summed E-state index contributed by atoms with van der Waals surface area (Å²) in [5.74, 6) is 0. The Morgan fingerprint density at radius 1 is 1.10 bits per heavy atom. The number of aryl methyl sites for hydroxylation is 1. The van der Waals surface area contributed by atoms with E-state index in [1.807, 2.05) is 11.3 Å². The molecule has 21 heavy (non-hydrogen) atoms. The van der Waals surface area contributed by atoms with Crippen LogP contribution in [-0.4, -0.2) is 0 Å². The lowest BCUT2D eigenvalue weighted by molar-refractivity contribution is 0.579. The molecule has 2 aromatic heterocycles. The lowest BCUT2D eigenvalue weighted by atomic mass is 10.1. The zero-order chi connectivity index (χ0) is 14.7. The highest BCUT2D eigenvalue weighted by Crippen LogP contribution is 2.29. The molecule has 0 saturated carbocycles. The third-order valence-corrected chi connectivity index (χ3v) is 5.47. The summed E-state index contributed by atoms with van der Waals surface area (Å²) in [6.45, 7) is 5.27. The highest BCUT2D eigenvalue weighted by atomic mass is 32.1. The van der Waals surface area contributed by atoms with Crippen LogP contribution in [0.3, 0.4) is 0 Å². The van der Waals surface area contributed by atoms with Crippen LogP contribution in [0.1, 0.15) is 29.0 Å². The minimum absolute atomic E-state index is 0.373. The maximum Gasteiger partial charge on any atom is 0.0351 e. The SMILES string of the molecule is Cc1ccc([C@H](C)NCc2cc(-c3cccs3)cs2)cc1. The normalized spacial score (nSPS) is 12.5. The van der Waals surface area contributed by atoms with Crippen LogP contribution in [0, 0.1) is 6.92 Å². The summed E-state index contributed by atoms with van der Waals surface area (Å²) in [6.07, 6.45) is 0. The molecule has 0 saturated heterocycles. The summed E-state index contributed by atoms with van der Waals surface area (Å²) in [7, 11) is 0. The summed E-state index contributed by atoms with van der Waals surface area (Å²) in [5, 5.41) is 7.99. The van der Waals surface area contributed by atoms with Gasteiger partial charge in [-0.25, -0.2) is 0 Å². The highest BCUT2D eigenvalue weighted by molar-refractivity contribution is 7.14. The molecule has 0 aliphatic rings. The molecule has 0 aliphatic heterocycles. The van der Waals surface area contributed by atoms with E-state index in [1.165, 1.54) is 26.4 Å². The van der Waals surface area contributed by atoms with Gasteiger partial charge in [-0.3, -0.25) is 0 Å². The van der Waals surface area contributed by atoms with Crippen molar-refractivity contribution in [2.45, 2.75) is 26.4 Å². The maximum absolute atomic E-state index is 3.61. The largest absolute Gasteiger partial charge is 0.305 e. The third kappa shape index (κ3) is 3.62. The summed E-state index contributed by atoms with van der Waals surface area (Å²) < 4.78 is 0. The first-order chi connectivity index (χ1) is 10.2. The quantitative estimate of drug-likeness (QED) is 0.643. The van der Waals surface area contributed by atoms with Crippen molar-refractivity contribution >= 4 is 22.7 Å². The highest BCUT2D eigenvalue weighted by Gasteiger charge is 2.07. The minimum Gasteiger partial charge on any atom is -0.305 e. The molecular weight excluding hydrogens is 294 g/mol. The predicted molar refractivity (Wildman–Crippen MR) is 94.1 cm³/mol. The first-order valence-corrected chi connectivity index (χ1v) is 8.89. The van der Waals surface area contributed by atoms with Crippen LogP contribution in [0.4, 0.5) is 0 Å². The first-order valence-electron chi connectivity index (χ1n) is 7.13. The zero-order valence-electron chi connectivity index (χ0n) is 12.3. The van der Waals surface area contributed by atoms with E-state index in [4.69, 9.17) is 0 Å². The molecule has 0 aliphatic carbocycles. The fourth-order valence-corrected chi connectivity index (χ4v) is 3.90. The number of hydrogen-bond acceptors (Lipinski definition) is 3. The molecule has 1 nitrogen and oxygen atoms in total. The molecule has 0 spiro atoms. The fourth-order valence-electron chi connectivity index (χ4n) is 2.27. The Kier molecular flexibility index (Phi) is 4.54. The molecule has 0 unspecified atom stereocenters. The average molecular weight is 313 g/mol. The third-order valence-electron chi connectivity index (χ3n) is 3.62. The van der Waals surface area contributed by atoms with Crippen molar-refractivity contribution in [1.82, 2.24) is 5.32 Å². The van der Waals surface area contributed by atoms with Gasteiger partial charge < -0.3 is 5.32 Å². The number of benzene rings is 1. The molecule has 3 heteroatoms. The Morgan fingerprint density at radius 3 is 2.62 bits per heavy atom. The Labute approximate surface area is 134 Å². The summed E-state index contributed by atoms with van der Waals surface area (Å²) >= 11 is 3.63. The number of thiophene rings is 2. The first kappa shape index (κ1) is 14.5. The number of rotatable bonds is 5. The van der Waals surface area contributed by atoms with Gasteiger partial charge in [0.05, 0.1) is 0 Å². The van der Waals surface area contributed by atoms with Gasteiger partial charge >= 0.3 is 0 Å². The Bertz CT molecular complexity index is 680. The Morgan fingerprint density at radius 2 is 1.90 bits per heavy atom. The second-order valence-corrected chi connectivity index (χ2v) is 7.24. The Balaban J connectivity index is 1.61. The van der Waals surface area contributed by atoms with Crippen LogP contribution in [-0.2, 0) is 6.54 Å².